The van der Waals surface area contributed by atoms with E-state index in [0.717, 1.165) is 11.1 Å². The molecule has 4 rings (SSSR count). The topological polar surface area (TPSA) is 37.4 Å². The fourth-order valence-corrected chi connectivity index (χ4v) is 4.48. The van der Waals surface area contributed by atoms with E-state index in [1.807, 2.05) is 67.6 Å². The highest BCUT2D eigenvalue weighted by Gasteiger charge is 2.87. The maximum Gasteiger partial charge on any atom is 0.241 e. The zero-order valence-corrected chi connectivity index (χ0v) is 12.6. The Morgan fingerprint density at radius 3 is 2.00 bits per heavy atom. The third kappa shape index (κ3) is 1.23. The molecule has 1 saturated carbocycles. The molecule has 1 aliphatic carbocycles. The predicted molar refractivity (Wildman–Crippen MR) is 83.2 cm³/mol. The Morgan fingerprint density at radius 2 is 1.41 bits per heavy atom. The second-order valence-corrected chi connectivity index (χ2v) is 6.39. The fourth-order valence-electron chi connectivity index (χ4n) is 4.48. The lowest BCUT2D eigenvalue weighted by Crippen LogP contribution is -2.35. The molecule has 0 bridgehead atoms. The Morgan fingerprint density at radius 1 is 0.864 bits per heavy atom. The van der Waals surface area contributed by atoms with E-state index in [2.05, 4.69) is 0 Å². The van der Waals surface area contributed by atoms with Crippen LogP contribution in [-0.2, 0) is 15.0 Å². The number of fused-ring (bicyclic) bond motifs is 1. The summed E-state index contributed by atoms with van der Waals surface area (Å²) in [5.41, 5.74) is 0.570. The van der Waals surface area contributed by atoms with E-state index in [9.17, 15) is 9.59 Å². The van der Waals surface area contributed by atoms with Crippen molar-refractivity contribution >= 4 is 11.8 Å². The Labute approximate surface area is 129 Å². The summed E-state index contributed by atoms with van der Waals surface area (Å²) >= 11 is 0. The molecule has 2 amide bonds. The van der Waals surface area contributed by atoms with Crippen LogP contribution in [0.3, 0.4) is 0 Å². The minimum atomic E-state index is -0.749. The third-order valence-electron chi connectivity index (χ3n) is 5.50. The van der Waals surface area contributed by atoms with Gasteiger partial charge in [0.25, 0.3) is 0 Å². The summed E-state index contributed by atoms with van der Waals surface area (Å²) in [6.45, 7) is 1.93. The van der Waals surface area contributed by atoms with Gasteiger partial charge in [0.2, 0.25) is 11.8 Å². The minimum Gasteiger partial charge on any atom is -0.284 e. The molecule has 1 aliphatic heterocycles. The van der Waals surface area contributed by atoms with Crippen LogP contribution in [0, 0.1) is 5.41 Å². The van der Waals surface area contributed by atoms with Crippen LogP contribution >= 0.6 is 0 Å². The van der Waals surface area contributed by atoms with Crippen molar-refractivity contribution < 1.29 is 9.59 Å². The Hall–Kier alpha value is -2.42. The zero-order valence-electron chi connectivity index (χ0n) is 12.6. The Kier molecular flexibility index (Phi) is 2.45. The monoisotopic (exact) mass is 291 g/mol. The summed E-state index contributed by atoms with van der Waals surface area (Å²) in [5.74, 6) is -0.241. The number of imide groups is 1. The Balaban J connectivity index is 1.96. The van der Waals surface area contributed by atoms with Crippen molar-refractivity contribution in [3.05, 3.63) is 71.8 Å². The SMILES string of the molecule is CN1C(=O)[C@]2(C)[C@H](c3ccccc3)[C@]2(c2ccccc2)C1=O. The molecule has 1 heterocycles. The first kappa shape index (κ1) is 13.3. The van der Waals surface area contributed by atoms with Gasteiger partial charge in [-0.15, -0.1) is 0 Å². The van der Waals surface area contributed by atoms with Crippen molar-refractivity contribution in [2.45, 2.75) is 18.3 Å². The van der Waals surface area contributed by atoms with E-state index in [-0.39, 0.29) is 17.7 Å². The molecule has 0 N–H and O–H groups in total. The van der Waals surface area contributed by atoms with E-state index in [1.54, 1.807) is 7.05 Å². The first-order valence-corrected chi connectivity index (χ1v) is 7.49. The first-order valence-electron chi connectivity index (χ1n) is 7.49. The van der Waals surface area contributed by atoms with Gasteiger partial charge in [-0.25, -0.2) is 0 Å². The molecular weight excluding hydrogens is 274 g/mol. The van der Waals surface area contributed by atoms with Crippen molar-refractivity contribution in [2.24, 2.45) is 5.41 Å². The smallest absolute Gasteiger partial charge is 0.241 e. The van der Waals surface area contributed by atoms with E-state index in [4.69, 9.17) is 0 Å². The summed E-state index contributed by atoms with van der Waals surface area (Å²) < 4.78 is 0. The second kappa shape index (κ2) is 4.07. The highest BCUT2D eigenvalue weighted by atomic mass is 16.2. The number of nitrogens with zero attached hydrogens (tertiary/aromatic N) is 1. The van der Waals surface area contributed by atoms with Crippen molar-refractivity contribution in [2.75, 3.05) is 7.05 Å². The Bertz CT molecular complexity index is 771. The molecule has 0 aromatic heterocycles. The normalized spacial score (nSPS) is 33.0. The van der Waals surface area contributed by atoms with E-state index in [1.165, 1.54) is 4.90 Å². The van der Waals surface area contributed by atoms with E-state index >= 15 is 0 Å². The van der Waals surface area contributed by atoms with Gasteiger partial charge in [-0.1, -0.05) is 60.7 Å². The van der Waals surface area contributed by atoms with Gasteiger partial charge >= 0.3 is 0 Å². The molecule has 2 fully saturated rings. The van der Waals surface area contributed by atoms with Crippen LogP contribution in [0.4, 0.5) is 0 Å². The number of hydrogen-bond acceptors (Lipinski definition) is 2. The number of rotatable bonds is 2. The highest BCUT2D eigenvalue weighted by Crippen LogP contribution is 2.78. The summed E-state index contributed by atoms with van der Waals surface area (Å²) in [5, 5.41) is 0. The molecule has 0 unspecified atom stereocenters. The molecule has 3 atom stereocenters. The number of piperidine rings is 1. The van der Waals surface area contributed by atoms with Gasteiger partial charge in [-0.3, -0.25) is 14.5 Å². The molecule has 3 nitrogen and oxygen atoms in total. The molecule has 2 aromatic carbocycles. The summed E-state index contributed by atoms with van der Waals surface area (Å²) in [7, 11) is 1.59. The van der Waals surface area contributed by atoms with Crippen LogP contribution < -0.4 is 0 Å². The number of carbonyl (C=O) groups excluding carboxylic acids is 2. The number of hydrogen-bond donors (Lipinski definition) is 0. The molecule has 0 radical (unpaired) electrons. The maximum atomic E-state index is 13.0. The number of amides is 2. The molecule has 110 valence electrons. The summed E-state index contributed by atoms with van der Waals surface area (Å²) in [4.78, 5) is 27.0. The lowest BCUT2D eigenvalue weighted by atomic mass is 9.88. The van der Waals surface area contributed by atoms with Crippen molar-refractivity contribution in [1.82, 2.24) is 4.90 Å². The van der Waals surface area contributed by atoms with Crippen molar-refractivity contribution in [3.63, 3.8) is 0 Å². The van der Waals surface area contributed by atoms with Crippen molar-refractivity contribution in [1.29, 1.82) is 0 Å². The fraction of sp³-hybridized carbons (Fsp3) is 0.263. The van der Waals surface area contributed by atoms with Gasteiger partial charge in [0.1, 0.15) is 0 Å². The highest BCUT2D eigenvalue weighted by molar-refractivity contribution is 6.19. The van der Waals surface area contributed by atoms with Crippen LogP contribution in [-0.4, -0.2) is 23.8 Å². The van der Waals surface area contributed by atoms with E-state index < -0.39 is 10.8 Å². The standard InChI is InChI=1S/C19H17NO2/c1-18-15(13-9-5-3-6-10-13)19(18,14-11-7-4-8-12-14)17(22)20(2)16(18)21/h3-12,15H,1-2H3/t15-,18-,19+/m0/s1. The molecule has 1 saturated heterocycles. The molecule has 2 aliphatic rings. The maximum absolute atomic E-state index is 13.0. The second-order valence-electron chi connectivity index (χ2n) is 6.39. The lowest BCUT2D eigenvalue weighted by molar-refractivity contribution is -0.141. The average molecular weight is 291 g/mol. The van der Waals surface area contributed by atoms with Gasteiger partial charge in [0.15, 0.2) is 0 Å². The van der Waals surface area contributed by atoms with E-state index in [0.29, 0.717) is 0 Å². The van der Waals surface area contributed by atoms with Gasteiger partial charge in [0, 0.05) is 13.0 Å². The molecule has 22 heavy (non-hydrogen) atoms. The zero-order chi connectivity index (χ0) is 15.5. The van der Waals surface area contributed by atoms with Crippen LogP contribution in [0.5, 0.6) is 0 Å². The van der Waals surface area contributed by atoms with Crippen LogP contribution in [0.15, 0.2) is 60.7 Å². The van der Waals surface area contributed by atoms with Gasteiger partial charge in [-0.2, -0.15) is 0 Å². The van der Waals surface area contributed by atoms with Gasteiger partial charge < -0.3 is 0 Å². The number of likely N-dealkylation sites (tertiary alicyclic amines) is 1. The third-order valence-corrected chi connectivity index (χ3v) is 5.50. The lowest BCUT2D eigenvalue weighted by Gasteiger charge is -2.19. The van der Waals surface area contributed by atoms with Crippen LogP contribution in [0.2, 0.25) is 0 Å². The van der Waals surface area contributed by atoms with Crippen LogP contribution in [0.1, 0.15) is 24.0 Å². The van der Waals surface area contributed by atoms with Crippen LogP contribution in [0.25, 0.3) is 0 Å². The summed E-state index contributed by atoms with van der Waals surface area (Å²) in [6.07, 6.45) is 0. The first-order chi connectivity index (χ1) is 10.6. The van der Waals surface area contributed by atoms with Gasteiger partial charge in [-0.05, 0) is 18.1 Å². The number of carbonyl (C=O) groups is 2. The van der Waals surface area contributed by atoms with Gasteiger partial charge in [0.05, 0.1) is 10.8 Å². The molecule has 0 spiro atoms. The summed E-state index contributed by atoms with van der Waals surface area (Å²) in [6, 6.07) is 19.6. The number of likely N-dealkylation sites (N-methyl/N-ethyl adjacent to an activating group) is 1. The average Bonchev–Trinajstić information content (AvgIpc) is 3.11. The minimum absolute atomic E-state index is 0.0739. The quantitative estimate of drug-likeness (QED) is 0.798. The molecular formula is C19H17NO2. The largest absolute Gasteiger partial charge is 0.284 e. The predicted octanol–water partition coefficient (Wildman–Crippen LogP) is 2.73. The molecule has 3 heteroatoms. The van der Waals surface area contributed by atoms with Crippen molar-refractivity contribution in [3.8, 4) is 0 Å². The number of benzene rings is 2. The molecule has 2 aromatic rings.